The maximum atomic E-state index is 13.4. The molecule has 194 valence electrons. The van der Waals surface area contributed by atoms with Gasteiger partial charge in [-0.25, -0.2) is 8.78 Å². The number of rotatable bonds is 8. The fourth-order valence-corrected chi connectivity index (χ4v) is 4.96. The first-order chi connectivity index (χ1) is 17.9. The van der Waals surface area contributed by atoms with E-state index in [9.17, 15) is 23.9 Å². The molecule has 1 fully saturated rings. The van der Waals surface area contributed by atoms with Gasteiger partial charge in [0.15, 0.2) is 0 Å². The number of nitrogens with one attached hydrogen (secondary N) is 1. The number of ether oxygens (including phenoxy) is 1. The number of hydrogen-bond acceptors (Lipinski definition) is 6. The van der Waals surface area contributed by atoms with E-state index in [0.29, 0.717) is 44.6 Å². The van der Waals surface area contributed by atoms with Crippen molar-refractivity contribution in [2.24, 2.45) is 11.8 Å². The first-order valence-electron chi connectivity index (χ1n) is 12.1. The minimum Gasteiger partial charge on any atom is -0.497 e. The van der Waals surface area contributed by atoms with E-state index in [1.54, 1.807) is 13.3 Å². The number of nitrogens with zero attached hydrogens (tertiary/aromatic N) is 2. The minimum absolute atomic E-state index is 0.0717. The zero-order chi connectivity index (χ0) is 26.4. The van der Waals surface area contributed by atoms with Crippen LogP contribution in [0.15, 0.2) is 48.7 Å². The van der Waals surface area contributed by atoms with E-state index in [1.165, 1.54) is 0 Å². The molecule has 2 aromatic carbocycles. The Balaban J connectivity index is 1.41. The van der Waals surface area contributed by atoms with Crippen LogP contribution in [-0.4, -0.2) is 52.9 Å². The predicted molar refractivity (Wildman–Crippen MR) is 134 cm³/mol. The summed E-state index contributed by atoms with van der Waals surface area (Å²) in [5.41, 5.74) is 4.27. The van der Waals surface area contributed by atoms with Crippen molar-refractivity contribution < 1.29 is 28.6 Å². The highest BCUT2D eigenvalue weighted by Gasteiger charge is 2.34. The van der Waals surface area contributed by atoms with Crippen molar-refractivity contribution in [3.63, 3.8) is 0 Å². The molecule has 1 aliphatic rings. The summed E-state index contributed by atoms with van der Waals surface area (Å²) < 4.78 is 32.0. The van der Waals surface area contributed by atoms with Gasteiger partial charge in [-0.15, -0.1) is 0 Å². The molecule has 0 saturated carbocycles. The molecule has 4 rings (SSSR count). The molecule has 1 saturated heterocycles. The number of benzene rings is 2. The maximum absolute atomic E-state index is 13.4. The highest BCUT2D eigenvalue weighted by molar-refractivity contribution is 5.84. The van der Waals surface area contributed by atoms with Gasteiger partial charge in [0.1, 0.15) is 17.4 Å². The summed E-state index contributed by atoms with van der Waals surface area (Å²) in [6, 6.07) is 10.1. The number of hydroxylamine groups is 1. The van der Waals surface area contributed by atoms with Crippen molar-refractivity contribution >= 4 is 16.9 Å². The second-order valence-corrected chi connectivity index (χ2v) is 9.23. The molecule has 3 N–H and O–H groups in total. The summed E-state index contributed by atoms with van der Waals surface area (Å²) in [5.74, 6) is 3.42. The number of aromatic nitrogens is 1. The van der Waals surface area contributed by atoms with E-state index >= 15 is 0 Å². The van der Waals surface area contributed by atoms with Crippen molar-refractivity contribution in [1.82, 2.24) is 15.4 Å². The van der Waals surface area contributed by atoms with Crippen LogP contribution in [0.3, 0.4) is 0 Å². The Hall–Kier alpha value is -3.58. The summed E-state index contributed by atoms with van der Waals surface area (Å²) >= 11 is 0. The third-order valence-corrected chi connectivity index (χ3v) is 6.90. The molecule has 0 bridgehead atoms. The highest BCUT2D eigenvalue weighted by Crippen LogP contribution is 2.33. The van der Waals surface area contributed by atoms with Crippen LogP contribution in [0.2, 0.25) is 0 Å². The van der Waals surface area contributed by atoms with Gasteiger partial charge in [0.05, 0.1) is 31.1 Å². The number of carboxylic acid groups (broad SMARTS) is 1. The number of aliphatic carboxylic acids is 1. The lowest BCUT2D eigenvalue weighted by Crippen LogP contribution is -2.44. The largest absolute Gasteiger partial charge is 0.497 e. The lowest BCUT2D eigenvalue weighted by Gasteiger charge is -2.36. The van der Waals surface area contributed by atoms with Crippen LogP contribution in [-0.2, 0) is 4.79 Å². The van der Waals surface area contributed by atoms with Gasteiger partial charge in [0.25, 0.3) is 0 Å². The van der Waals surface area contributed by atoms with Crippen LogP contribution in [0.1, 0.15) is 36.4 Å². The van der Waals surface area contributed by atoms with Gasteiger partial charge in [0, 0.05) is 29.8 Å². The molecule has 2 heterocycles. The molecule has 0 aliphatic carbocycles. The number of carboxylic acids is 1. The van der Waals surface area contributed by atoms with Crippen LogP contribution in [0, 0.1) is 35.3 Å². The average Bonchev–Trinajstić information content (AvgIpc) is 2.88. The van der Waals surface area contributed by atoms with Gasteiger partial charge in [0.2, 0.25) is 0 Å². The van der Waals surface area contributed by atoms with Crippen LogP contribution in [0.4, 0.5) is 8.78 Å². The molecule has 0 unspecified atom stereocenters. The van der Waals surface area contributed by atoms with Gasteiger partial charge >= 0.3 is 5.97 Å². The number of pyridine rings is 1. The van der Waals surface area contributed by atoms with Crippen LogP contribution < -0.4 is 10.2 Å². The Morgan fingerprint density at radius 1 is 1.24 bits per heavy atom. The molecule has 7 nitrogen and oxygen atoms in total. The van der Waals surface area contributed by atoms with Gasteiger partial charge in [-0.1, -0.05) is 11.8 Å². The second-order valence-electron chi connectivity index (χ2n) is 9.23. The lowest BCUT2D eigenvalue weighted by molar-refractivity contribution is -0.146. The van der Waals surface area contributed by atoms with Gasteiger partial charge in [-0.05, 0) is 73.7 Å². The number of piperidine rings is 1. The normalized spacial score (nSPS) is 18.7. The third-order valence-electron chi connectivity index (χ3n) is 6.90. The Bertz CT molecular complexity index is 1300. The molecule has 9 heteroatoms. The summed E-state index contributed by atoms with van der Waals surface area (Å²) in [6.45, 7) is 1.30. The first-order valence-corrected chi connectivity index (χ1v) is 12.1. The van der Waals surface area contributed by atoms with E-state index in [0.717, 1.165) is 34.7 Å². The number of likely N-dealkylation sites (tertiary alicyclic amines) is 1. The smallest absolute Gasteiger partial charge is 0.308 e. The van der Waals surface area contributed by atoms with Crippen molar-refractivity contribution in [1.29, 1.82) is 0 Å². The topological polar surface area (TPSA) is 94.9 Å². The molecular weight excluding hydrogens is 480 g/mol. The first kappa shape index (κ1) is 26.5. The van der Waals surface area contributed by atoms with E-state index in [1.807, 2.05) is 29.2 Å². The Labute approximate surface area is 214 Å². The van der Waals surface area contributed by atoms with Crippen molar-refractivity contribution in [3.05, 3.63) is 71.4 Å². The van der Waals surface area contributed by atoms with E-state index in [2.05, 4.69) is 22.3 Å². The minimum atomic E-state index is -0.873. The third kappa shape index (κ3) is 6.60. The second kappa shape index (κ2) is 12.1. The number of halogens is 2. The Morgan fingerprint density at radius 3 is 2.73 bits per heavy atom. The fraction of sp³-hybridized carbons (Fsp3) is 0.357. The van der Waals surface area contributed by atoms with Crippen LogP contribution >= 0.6 is 0 Å². The quantitative estimate of drug-likeness (QED) is 0.306. The molecule has 3 atom stereocenters. The number of fused-ring (bicyclic) bond motifs is 1. The van der Waals surface area contributed by atoms with Crippen molar-refractivity contribution in [3.8, 4) is 17.6 Å². The molecule has 0 amide bonds. The van der Waals surface area contributed by atoms with Gasteiger partial charge in [-0.2, -0.15) is 5.48 Å². The summed E-state index contributed by atoms with van der Waals surface area (Å²) in [4.78, 5) is 18.4. The maximum Gasteiger partial charge on any atom is 0.308 e. The number of hydrogen-bond donors (Lipinski definition) is 3. The van der Waals surface area contributed by atoms with Crippen LogP contribution in [0.25, 0.3) is 10.9 Å². The zero-order valence-electron chi connectivity index (χ0n) is 20.5. The Kier molecular flexibility index (Phi) is 8.66. The number of methoxy groups -OCH3 is 1. The SMILES string of the molecule is COc1ccc2nccc([C@H](CC[C@@H]3CCN(CC#Cc4cc(F)cc(F)c4)C[C@@H]3C(=O)O)NO)c2c1. The van der Waals surface area contributed by atoms with Gasteiger partial charge < -0.3 is 15.1 Å². The van der Waals surface area contributed by atoms with E-state index in [-0.39, 0.29) is 11.5 Å². The molecular formula is C28H29F2N3O4. The van der Waals surface area contributed by atoms with Gasteiger partial charge in [-0.3, -0.25) is 14.7 Å². The molecule has 1 aliphatic heterocycles. The molecule has 37 heavy (non-hydrogen) atoms. The standard InChI is InChI=1S/C28H29F2N3O4/c1-37-22-5-7-26-24(16-22)23(8-10-31-26)27(32-36)6-4-19-9-12-33(17-25(19)28(34)35)11-2-3-18-13-20(29)15-21(30)14-18/h5,7-8,10,13-16,19,25,27,32,36H,4,6,9,11-12,17H2,1H3,(H,34,35)/t19-,25+,27+/m1/s1. The highest BCUT2D eigenvalue weighted by atomic mass is 19.1. The van der Waals surface area contributed by atoms with Crippen molar-refractivity contribution in [2.45, 2.75) is 25.3 Å². The molecule has 1 aromatic heterocycles. The van der Waals surface area contributed by atoms with Crippen LogP contribution in [0.5, 0.6) is 5.75 Å². The molecule has 0 spiro atoms. The summed E-state index contributed by atoms with van der Waals surface area (Å²) in [6.07, 6.45) is 3.49. The van der Waals surface area contributed by atoms with E-state index in [4.69, 9.17) is 4.74 Å². The average molecular weight is 510 g/mol. The predicted octanol–water partition coefficient (Wildman–Crippen LogP) is 4.40. The Morgan fingerprint density at radius 2 is 2.03 bits per heavy atom. The van der Waals surface area contributed by atoms with E-state index < -0.39 is 29.6 Å². The molecule has 3 aromatic rings. The summed E-state index contributed by atoms with van der Waals surface area (Å²) in [7, 11) is 1.59. The monoisotopic (exact) mass is 509 g/mol. The lowest BCUT2D eigenvalue weighted by atomic mass is 9.81. The van der Waals surface area contributed by atoms with Crippen molar-refractivity contribution in [2.75, 3.05) is 26.7 Å². The fourth-order valence-electron chi connectivity index (χ4n) is 4.96. The summed E-state index contributed by atoms with van der Waals surface area (Å²) in [5, 5.41) is 20.7. The molecule has 0 radical (unpaired) electrons. The zero-order valence-corrected chi connectivity index (χ0v) is 20.5. The number of carbonyl (C=O) groups is 1.